The maximum absolute atomic E-state index is 10.5. The molecule has 2 unspecified atom stereocenters. The number of carbonyl (C=O) groups is 1. The van der Waals surface area contributed by atoms with E-state index in [1.165, 1.54) is 24.8 Å². The molecule has 1 saturated carbocycles. The molecule has 1 aromatic carbocycles. The van der Waals surface area contributed by atoms with Crippen molar-refractivity contribution >= 4 is 5.97 Å². The van der Waals surface area contributed by atoms with Gasteiger partial charge in [-0.05, 0) is 30.7 Å². The van der Waals surface area contributed by atoms with Crippen molar-refractivity contribution in [3.63, 3.8) is 0 Å². The molecule has 1 fully saturated rings. The Labute approximate surface area is 108 Å². The summed E-state index contributed by atoms with van der Waals surface area (Å²) in [4.78, 5) is 10.5. The number of nitrogens with one attached hydrogen (secondary N) is 1. The van der Waals surface area contributed by atoms with E-state index in [-0.39, 0.29) is 6.42 Å². The van der Waals surface area contributed by atoms with E-state index >= 15 is 0 Å². The Morgan fingerprint density at radius 1 is 1.28 bits per heavy atom. The molecule has 3 heteroatoms. The van der Waals surface area contributed by atoms with Gasteiger partial charge in [0, 0.05) is 12.6 Å². The molecule has 0 radical (unpaired) electrons. The third kappa shape index (κ3) is 3.84. The minimum absolute atomic E-state index is 0.217. The first-order valence-electron chi connectivity index (χ1n) is 6.75. The van der Waals surface area contributed by atoms with Crippen LogP contribution in [0.3, 0.4) is 0 Å². The maximum Gasteiger partial charge on any atom is 0.304 e. The van der Waals surface area contributed by atoms with Gasteiger partial charge in [-0.1, -0.05) is 36.8 Å². The van der Waals surface area contributed by atoms with Crippen molar-refractivity contribution in [1.29, 1.82) is 0 Å². The lowest BCUT2D eigenvalue weighted by Crippen LogP contribution is -2.34. The Kier molecular flexibility index (Phi) is 4.76. The minimum atomic E-state index is -0.722. The van der Waals surface area contributed by atoms with Crippen LogP contribution >= 0.6 is 0 Å². The average Bonchev–Trinajstić information content (AvgIpc) is 2.78. The topological polar surface area (TPSA) is 49.3 Å². The number of benzene rings is 1. The molecule has 0 saturated heterocycles. The number of carboxylic acid groups (broad SMARTS) is 1. The summed E-state index contributed by atoms with van der Waals surface area (Å²) >= 11 is 0. The summed E-state index contributed by atoms with van der Waals surface area (Å²) < 4.78 is 0. The van der Waals surface area contributed by atoms with Gasteiger partial charge in [0.05, 0.1) is 6.42 Å². The lowest BCUT2D eigenvalue weighted by atomic mass is 9.94. The molecule has 0 bridgehead atoms. The van der Waals surface area contributed by atoms with Gasteiger partial charge in [-0.3, -0.25) is 4.79 Å². The first-order chi connectivity index (χ1) is 8.75. The Morgan fingerprint density at radius 3 is 2.78 bits per heavy atom. The highest BCUT2D eigenvalue weighted by atomic mass is 16.4. The van der Waals surface area contributed by atoms with Gasteiger partial charge in [0.2, 0.25) is 0 Å². The SMILES string of the molecule is O=C(O)CCNC1CCCC1Cc1ccccc1. The van der Waals surface area contributed by atoms with Crippen molar-refractivity contribution < 1.29 is 9.90 Å². The normalized spacial score (nSPS) is 23.1. The van der Waals surface area contributed by atoms with Gasteiger partial charge >= 0.3 is 5.97 Å². The Bertz CT molecular complexity index is 377. The van der Waals surface area contributed by atoms with Crippen LogP contribution in [-0.2, 0) is 11.2 Å². The fraction of sp³-hybridized carbons (Fsp3) is 0.533. The third-order valence-corrected chi connectivity index (χ3v) is 3.75. The predicted molar refractivity (Wildman–Crippen MR) is 71.5 cm³/mol. The highest BCUT2D eigenvalue weighted by molar-refractivity contribution is 5.66. The van der Waals surface area contributed by atoms with Gasteiger partial charge in [0.25, 0.3) is 0 Å². The van der Waals surface area contributed by atoms with Crippen LogP contribution in [0, 0.1) is 5.92 Å². The molecule has 0 aromatic heterocycles. The van der Waals surface area contributed by atoms with Crippen molar-refractivity contribution in [2.24, 2.45) is 5.92 Å². The third-order valence-electron chi connectivity index (χ3n) is 3.75. The van der Waals surface area contributed by atoms with E-state index in [0.717, 1.165) is 6.42 Å². The number of hydrogen-bond donors (Lipinski definition) is 2. The molecular formula is C15H21NO2. The number of rotatable bonds is 6. The molecule has 2 N–H and O–H groups in total. The fourth-order valence-electron chi connectivity index (χ4n) is 2.83. The van der Waals surface area contributed by atoms with Gasteiger partial charge in [0.1, 0.15) is 0 Å². The maximum atomic E-state index is 10.5. The van der Waals surface area contributed by atoms with Gasteiger partial charge in [-0.25, -0.2) is 0 Å². The molecule has 2 rings (SSSR count). The van der Waals surface area contributed by atoms with Crippen LogP contribution in [-0.4, -0.2) is 23.7 Å². The van der Waals surface area contributed by atoms with Crippen LogP contribution in [0.5, 0.6) is 0 Å². The lowest BCUT2D eigenvalue weighted by Gasteiger charge is -2.20. The van der Waals surface area contributed by atoms with E-state index in [1.54, 1.807) is 0 Å². The number of hydrogen-bond acceptors (Lipinski definition) is 2. The summed E-state index contributed by atoms with van der Waals surface area (Å²) in [5.74, 6) is -0.0682. The fourth-order valence-corrected chi connectivity index (χ4v) is 2.83. The second-order valence-corrected chi connectivity index (χ2v) is 5.09. The van der Waals surface area contributed by atoms with E-state index in [9.17, 15) is 4.79 Å². The van der Waals surface area contributed by atoms with E-state index in [0.29, 0.717) is 18.5 Å². The van der Waals surface area contributed by atoms with E-state index in [1.807, 2.05) is 6.07 Å². The van der Waals surface area contributed by atoms with Crippen molar-refractivity contribution in [3.05, 3.63) is 35.9 Å². The molecule has 1 aromatic rings. The Hall–Kier alpha value is -1.35. The molecule has 1 aliphatic carbocycles. The quantitative estimate of drug-likeness (QED) is 0.812. The van der Waals surface area contributed by atoms with Crippen molar-refractivity contribution in [2.75, 3.05) is 6.54 Å². The Balaban J connectivity index is 1.82. The summed E-state index contributed by atoms with van der Waals surface area (Å²) in [6.45, 7) is 0.589. The van der Waals surface area contributed by atoms with E-state index in [2.05, 4.69) is 29.6 Å². The highest BCUT2D eigenvalue weighted by Gasteiger charge is 2.26. The first kappa shape index (κ1) is 13.1. The van der Waals surface area contributed by atoms with Crippen LogP contribution in [0.25, 0.3) is 0 Å². The molecule has 0 heterocycles. The van der Waals surface area contributed by atoms with Crippen LogP contribution in [0.1, 0.15) is 31.2 Å². The first-order valence-corrected chi connectivity index (χ1v) is 6.75. The standard InChI is InChI=1S/C15H21NO2/c17-15(18)9-10-16-14-8-4-7-13(14)11-12-5-2-1-3-6-12/h1-3,5-6,13-14,16H,4,7-11H2,(H,17,18). The van der Waals surface area contributed by atoms with Crippen LogP contribution < -0.4 is 5.32 Å². The van der Waals surface area contributed by atoms with Crippen LogP contribution in [0.15, 0.2) is 30.3 Å². The van der Waals surface area contributed by atoms with Crippen LogP contribution in [0.4, 0.5) is 0 Å². The Morgan fingerprint density at radius 2 is 2.06 bits per heavy atom. The summed E-state index contributed by atoms with van der Waals surface area (Å²) in [7, 11) is 0. The molecule has 1 aliphatic rings. The molecular weight excluding hydrogens is 226 g/mol. The zero-order valence-corrected chi connectivity index (χ0v) is 10.6. The predicted octanol–water partition coefficient (Wildman–Crippen LogP) is 2.46. The second kappa shape index (κ2) is 6.55. The van der Waals surface area contributed by atoms with Crippen LogP contribution in [0.2, 0.25) is 0 Å². The molecule has 0 amide bonds. The minimum Gasteiger partial charge on any atom is -0.481 e. The largest absolute Gasteiger partial charge is 0.481 e. The zero-order valence-electron chi connectivity index (χ0n) is 10.6. The molecule has 2 atom stereocenters. The van der Waals surface area contributed by atoms with Gasteiger partial charge in [-0.2, -0.15) is 0 Å². The second-order valence-electron chi connectivity index (χ2n) is 5.09. The summed E-state index contributed by atoms with van der Waals surface area (Å²) in [6, 6.07) is 11.0. The summed E-state index contributed by atoms with van der Waals surface area (Å²) in [5, 5.41) is 12.1. The number of aliphatic carboxylic acids is 1. The average molecular weight is 247 g/mol. The number of carboxylic acids is 1. The zero-order chi connectivity index (χ0) is 12.8. The highest BCUT2D eigenvalue weighted by Crippen LogP contribution is 2.28. The van der Waals surface area contributed by atoms with Gasteiger partial charge in [-0.15, -0.1) is 0 Å². The monoisotopic (exact) mass is 247 g/mol. The molecule has 98 valence electrons. The van der Waals surface area contributed by atoms with Gasteiger partial charge < -0.3 is 10.4 Å². The van der Waals surface area contributed by atoms with E-state index < -0.39 is 5.97 Å². The smallest absolute Gasteiger partial charge is 0.304 e. The summed E-state index contributed by atoms with van der Waals surface area (Å²) in [5.41, 5.74) is 1.38. The van der Waals surface area contributed by atoms with Crippen molar-refractivity contribution in [2.45, 2.75) is 38.1 Å². The van der Waals surface area contributed by atoms with Gasteiger partial charge in [0.15, 0.2) is 0 Å². The molecule has 0 spiro atoms. The van der Waals surface area contributed by atoms with Crippen molar-refractivity contribution in [1.82, 2.24) is 5.32 Å². The summed E-state index contributed by atoms with van der Waals surface area (Å²) in [6.07, 6.45) is 5.00. The van der Waals surface area contributed by atoms with E-state index in [4.69, 9.17) is 5.11 Å². The lowest BCUT2D eigenvalue weighted by molar-refractivity contribution is -0.136. The molecule has 18 heavy (non-hydrogen) atoms. The molecule has 0 aliphatic heterocycles. The van der Waals surface area contributed by atoms with Crippen molar-refractivity contribution in [3.8, 4) is 0 Å². The molecule has 3 nitrogen and oxygen atoms in total.